The number of rotatable bonds is 5. The molecule has 6 rings (SSSR count). The number of fused-ring (bicyclic) bond motifs is 2. The first-order chi connectivity index (χ1) is 18.7. The molecule has 0 aliphatic rings. The van der Waals surface area contributed by atoms with E-state index in [1.807, 2.05) is 39.0 Å². The molecular formula is C29H25FN8O. The second kappa shape index (κ2) is 9.39. The van der Waals surface area contributed by atoms with Crippen LogP contribution in [0.5, 0.6) is 0 Å². The van der Waals surface area contributed by atoms with Gasteiger partial charge in [0, 0.05) is 64.9 Å². The van der Waals surface area contributed by atoms with E-state index in [1.54, 1.807) is 43.1 Å². The van der Waals surface area contributed by atoms with Crippen LogP contribution < -0.4 is 5.32 Å². The van der Waals surface area contributed by atoms with Crippen LogP contribution in [-0.4, -0.2) is 41.0 Å². The van der Waals surface area contributed by atoms with E-state index in [9.17, 15) is 4.79 Å². The van der Waals surface area contributed by atoms with Crippen LogP contribution in [0.25, 0.3) is 55.8 Å². The van der Waals surface area contributed by atoms with Crippen LogP contribution >= 0.6 is 0 Å². The first kappa shape index (κ1) is 24.4. The summed E-state index contributed by atoms with van der Waals surface area (Å²) in [4.78, 5) is 33.3. The molecule has 0 aliphatic heterocycles. The van der Waals surface area contributed by atoms with Crippen LogP contribution in [0.2, 0.25) is 0 Å². The molecular weight excluding hydrogens is 495 g/mol. The fraction of sp³-hybridized carbons (Fsp3) is 0.172. The van der Waals surface area contributed by atoms with E-state index in [0.717, 1.165) is 11.1 Å². The van der Waals surface area contributed by atoms with E-state index in [4.69, 9.17) is 4.98 Å². The van der Waals surface area contributed by atoms with Gasteiger partial charge >= 0.3 is 0 Å². The highest BCUT2D eigenvalue weighted by Gasteiger charge is 2.19. The average molecular weight is 521 g/mol. The van der Waals surface area contributed by atoms with Crippen molar-refractivity contribution in [2.45, 2.75) is 27.2 Å². The minimum atomic E-state index is -0.442. The summed E-state index contributed by atoms with van der Waals surface area (Å²) >= 11 is 0. The Morgan fingerprint density at radius 2 is 1.85 bits per heavy atom. The number of nitrogens with zero attached hydrogens (tertiary/aromatic N) is 5. The third-order valence-electron chi connectivity index (χ3n) is 6.26. The number of aromatic amines is 2. The SMILES string of the molecule is CC(C)(C)CC(=O)Nc1cncc(-c2cc3c(-c4nc5c(-c6cccnc6)ccnc5[nH]4)n[nH]c3cc2F)c1. The third kappa shape index (κ3) is 4.84. The maximum atomic E-state index is 15.2. The fourth-order valence-corrected chi connectivity index (χ4v) is 4.56. The lowest BCUT2D eigenvalue weighted by molar-refractivity contribution is -0.117. The summed E-state index contributed by atoms with van der Waals surface area (Å²) in [5.41, 5.74) is 5.35. The van der Waals surface area contributed by atoms with Crippen LogP contribution in [0.3, 0.4) is 0 Å². The molecule has 5 heterocycles. The van der Waals surface area contributed by atoms with E-state index < -0.39 is 5.82 Å². The molecule has 6 aromatic rings. The number of pyridine rings is 3. The molecule has 5 aromatic heterocycles. The molecule has 0 saturated carbocycles. The third-order valence-corrected chi connectivity index (χ3v) is 6.26. The molecule has 0 radical (unpaired) electrons. The standard InChI is InChI=1S/C29H25FN8O/c1-29(2,3)12-24(39)34-18-9-17(14-32-15-18)20-10-21-23(11-22(20)30)37-38-26(21)28-35-25-19(6-8-33-27(25)36-28)16-5-4-7-31-13-16/h4-11,13-15H,12H2,1-3H3,(H,34,39)(H,37,38)(H,33,35,36). The first-order valence-electron chi connectivity index (χ1n) is 12.4. The second-order valence-corrected chi connectivity index (χ2v) is 10.6. The number of carbonyl (C=O) groups excluding carboxylic acids is 1. The van der Waals surface area contributed by atoms with Gasteiger partial charge in [-0.1, -0.05) is 26.8 Å². The van der Waals surface area contributed by atoms with Gasteiger partial charge in [0.2, 0.25) is 5.91 Å². The van der Waals surface area contributed by atoms with Crippen molar-refractivity contribution in [3.05, 3.63) is 73.2 Å². The summed E-state index contributed by atoms with van der Waals surface area (Å²) in [6, 6.07) is 10.5. The Bertz CT molecular complexity index is 1840. The van der Waals surface area contributed by atoms with E-state index in [-0.39, 0.29) is 11.3 Å². The number of nitrogens with one attached hydrogen (secondary N) is 3. The number of H-pyrrole nitrogens is 2. The van der Waals surface area contributed by atoms with Crippen LogP contribution in [0.4, 0.5) is 10.1 Å². The smallest absolute Gasteiger partial charge is 0.224 e. The number of benzene rings is 1. The Labute approximate surface area is 223 Å². The Morgan fingerprint density at radius 3 is 2.64 bits per heavy atom. The molecule has 0 spiro atoms. The van der Waals surface area contributed by atoms with Crippen LogP contribution in [0.1, 0.15) is 27.2 Å². The van der Waals surface area contributed by atoms with Crippen molar-refractivity contribution in [1.29, 1.82) is 0 Å². The molecule has 1 aromatic carbocycles. The molecule has 0 atom stereocenters. The van der Waals surface area contributed by atoms with Crippen LogP contribution in [-0.2, 0) is 4.79 Å². The number of halogens is 1. The summed E-state index contributed by atoms with van der Waals surface area (Å²) in [5.74, 6) is -0.0691. The van der Waals surface area contributed by atoms with E-state index >= 15 is 4.39 Å². The predicted octanol–water partition coefficient (Wildman–Crippen LogP) is 6.14. The van der Waals surface area contributed by atoms with Crippen molar-refractivity contribution in [2.75, 3.05) is 5.32 Å². The lowest BCUT2D eigenvalue weighted by atomic mass is 9.92. The van der Waals surface area contributed by atoms with Gasteiger partial charge < -0.3 is 10.3 Å². The Balaban J connectivity index is 1.39. The number of hydrogen-bond acceptors (Lipinski definition) is 6. The van der Waals surface area contributed by atoms with Gasteiger partial charge in [-0.2, -0.15) is 5.10 Å². The molecule has 1 amide bonds. The van der Waals surface area contributed by atoms with Gasteiger partial charge in [-0.15, -0.1) is 0 Å². The molecule has 0 bridgehead atoms. The van der Waals surface area contributed by atoms with Crippen LogP contribution in [0.15, 0.2) is 67.4 Å². The summed E-state index contributed by atoms with van der Waals surface area (Å²) in [7, 11) is 0. The van der Waals surface area contributed by atoms with Gasteiger partial charge in [0.05, 0.1) is 17.4 Å². The van der Waals surface area contributed by atoms with Gasteiger partial charge in [-0.05, 0) is 29.7 Å². The van der Waals surface area contributed by atoms with Gasteiger partial charge in [0.15, 0.2) is 11.5 Å². The number of carbonyl (C=O) groups is 1. The van der Waals surface area contributed by atoms with E-state index in [0.29, 0.717) is 56.8 Å². The molecule has 0 fully saturated rings. The van der Waals surface area contributed by atoms with Gasteiger partial charge in [-0.25, -0.2) is 14.4 Å². The highest BCUT2D eigenvalue weighted by molar-refractivity contribution is 5.98. The van der Waals surface area contributed by atoms with Crippen molar-refractivity contribution >= 4 is 33.7 Å². The van der Waals surface area contributed by atoms with Gasteiger partial charge in [-0.3, -0.25) is 19.9 Å². The lowest BCUT2D eigenvalue weighted by Crippen LogP contribution is -2.19. The van der Waals surface area contributed by atoms with Gasteiger partial charge in [0.25, 0.3) is 0 Å². The minimum absolute atomic E-state index is 0.126. The Hall–Kier alpha value is -4.99. The quantitative estimate of drug-likeness (QED) is 0.251. The number of amides is 1. The number of imidazole rings is 1. The summed E-state index contributed by atoms with van der Waals surface area (Å²) in [6.45, 7) is 5.98. The molecule has 0 unspecified atom stereocenters. The summed E-state index contributed by atoms with van der Waals surface area (Å²) in [6.07, 6.45) is 8.67. The van der Waals surface area contributed by atoms with Gasteiger partial charge in [0.1, 0.15) is 17.0 Å². The highest BCUT2D eigenvalue weighted by atomic mass is 19.1. The molecule has 9 nitrogen and oxygen atoms in total. The first-order valence-corrected chi connectivity index (χ1v) is 12.4. The van der Waals surface area contributed by atoms with E-state index in [2.05, 4.69) is 35.5 Å². The Kier molecular flexibility index (Phi) is 5.86. The van der Waals surface area contributed by atoms with Crippen molar-refractivity contribution in [3.8, 4) is 33.8 Å². The number of hydrogen-bond donors (Lipinski definition) is 3. The summed E-state index contributed by atoms with van der Waals surface area (Å²) < 4.78 is 15.2. The topological polar surface area (TPSA) is 125 Å². The largest absolute Gasteiger partial charge is 0.325 e. The lowest BCUT2D eigenvalue weighted by Gasteiger charge is -2.17. The monoisotopic (exact) mass is 520 g/mol. The fourth-order valence-electron chi connectivity index (χ4n) is 4.56. The Morgan fingerprint density at radius 1 is 1.00 bits per heavy atom. The van der Waals surface area contributed by atoms with E-state index in [1.165, 1.54) is 6.07 Å². The van der Waals surface area contributed by atoms with Crippen molar-refractivity contribution in [3.63, 3.8) is 0 Å². The number of aromatic nitrogens is 7. The normalized spacial score (nSPS) is 11.8. The molecule has 10 heteroatoms. The minimum Gasteiger partial charge on any atom is -0.325 e. The molecule has 194 valence electrons. The zero-order valence-corrected chi connectivity index (χ0v) is 21.6. The van der Waals surface area contributed by atoms with Crippen molar-refractivity contribution in [1.82, 2.24) is 35.1 Å². The number of anilines is 1. The zero-order valence-electron chi connectivity index (χ0n) is 21.6. The second-order valence-electron chi connectivity index (χ2n) is 10.6. The average Bonchev–Trinajstić information content (AvgIpc) is 3.51. The molecule has 0 aliphatic carbocycles. The van der Waals surface area contributed by atoms with Crippen LogP contribution in [0, 0.1) is 11.2 Å². The maximum absolute atomic E-state index is 15.2. The maximum Gasteiger partial charge on any atom is 0.224 e. The highest BCUT2D eigenvalue weighted by Crippen LogP contribution is 2.34. The summed E-state index contributed by atoms with van der Waals surface area (Å²) in [5, 5.41) is 10.9. The molecule has 3 N–H and O–H groups in total. The van der Waals surface area contributed by atoms with Crippen molar-refractivity contribution in [2.24, 2.45) is 5.41 Å². The molecule has 0 saturated heterocycles. The zero-order chi connectivity index (χ0) is 27.1. The molecule has 39 heavy (non-hydrogen) atoms. The van der Waals surface area contributed by atoms with Crippen molar-refractivity contribution < 1.29 is 9.18 Å². The predicted molar refractivity (Wildman–Crippen MR) is 148 cm³/mol.